The number of aliphatic carboxylic acids is 1. The number of hydrogen-bond donors (Lipinski definition) is 2. The first-order valence-electron chi connectivity index (χ1n) is 9.11. The van der Waals surface area contributed by atoms with E-state index < -0.39 is 18.1 Å². The minimum Gasteiger partial charge on any atom is -0.481 e. The maximum Gasteiger partial charge on any atom is 0.407 e. The number of nitrogens with one attached hydrogen (secondary N) is 1. The average molecular weight is 472 g/mol. The zero-order chi connectivity index (χ0) is 20.4. The molecule has 1 aliphatic rings. The van der Waals surface area contributed by atoms with Gasteiger partial charge in [0.25, 0.3) is 0 Å². The van der Waals surface area contributed by atoms with Crippen molar-refractivity contribution in [2.24, 2.45) is 0 Å². The summed E-state index contributed by atoms with van der Waals surface area (Å²) in [7, 11) is 0. The predicted octanol–water partition coefficient (Wildman–Crippen LogP) is 5.57. The number of hydrogen-bond acceptors (Lipinski definition) is 4. The number of alkyl carbamates (subject to hydrolysis) is 1. The SMILES string of the molecule is O=C(O)C[C@@H](NC(=O)OCC1c2ccccc2-c2ccccc21)c1ccc(Br)s1. The van der Waals surface area contributed by atoms with Crippen LogP contribution in [0.25, 0.3) is 11.1 Å². The first-order chi connectivity index (χ1) is 14.0. The second kappa shape index (κ2) is 8.39. The molecule has 0 bridgehead atoms. The molecule has 3 aromatic rings. The molecular weight excluding hydrogens is 454 g/mol. The Morgan fingerprint density at radius 3 is 2.21 bits per heavy atom. The summed E-state index contributed by atoms with van der Waals surface area (Å²) in [5.41, 5.74) is 4.57. The number of ether oxygens (including phenoxy) is 1. The number of benzene rings is 2. The summed E-state index contributed by atoms with van der Waals surface area (Å²) in [6.45, 7) is 0.188. The molecule has 1 atom stereocenters. The number of carboxylic acids is 1. The maximum absolute atomic E-state index is 12.5. The molecule has 0 radical (unpaired) electrons. The Bertz CT molecular complexity index is 1020. The summed E-state index contributed by atoms with van der Waals surface area (Å²) < 4.78 is 6.40. The molecular formula is C22H18BrNO4S. The Balaban J connectivity index is 1.47. The lowest BCUT2D eigenvalue weighted by molar-refractivity contribution is -0.137. The van der Waals surface area contributed by atoms with E-state index in [1.807, 2.05) is 30.3 Å². The van der Waals surface area contributed by atoms with Gasteiger partial charge in [-0.1, -0.05) is 48.5 Å². The van der Waals surface area contributed by atoms with Crippen molar-refractivity contribution in [3.05, 3.63) is 80.5 Å². The predicted molar refractivity (Wildman–Crippen MR) is 115 cm³/mol. The first kappa shape index (κ1) is 19.7. The number of carboxylic acid groups (broad SMARTS) is 1. The number of carbonyl (C=O) groups excluding carboxylic acids is 1. The van der Waals surface area contributed by atoms with Gasteiger partial charge in [-0.2, -0.15) is 0 Å². The van der Waals surface area contributed by atoms with Gasteiger partial charge in [0.2, 0.25) is 0 Å². The molecule has 1 aliphatic carbocycles. The molecule has 148 valence electrons. The van der Waals surface area contributed by atoms with Crippen molar-refractivity contribution in [1.29, 1.82) is 0 Å². The molecule has 29 heavy (non-hydrogen) atoms. The van der Waals surface area contributed by atoms with Gasteiger partial charge in [0, 0.05) is 10.8 Å². The highest BCUT2D eigenvalue weighted by atomic mass is 79.9. The number of rotatable bonds is 6. The lowest BCUT2D eigenvalue weighted by atomic mass is 9.98. The third kappa shape index (κ3) is 4.21. The molecule has 1 aromatic heterocycles. The van der Waals surface area contributed by atoms with Gasteiger partial charge in [-0.15, -0.1) is 11.3 Å². The fraction of sp³-hybridized carbons (Fsp3) is 0.182. The van der Waals surface area contributed by atoms with Crippen molar-refractivity contribution in [1.82, 2.24) is 5.32 Å². The molecule has 2 N–H and O–H groups in total. The van der Waals surface area contributed by atoms with E-state index in [0.717, 1.165) is 30.9 Å². The molecule has 0 saturated carbocycles. The van der Waals surface area contributed by atoms with E-state index in [1.165, 1.54) is 11.3 Å². The van der Waals surface area contributed by atoms with E-state index in [0.29, 0.717) is 0 Å². The largest absolute Gasteiger partial charge is 0.481 e. The van der Waals surface area contributed by atoms with Crippen molar-refractivity contribution in [3.8, 4) is 11.1 Å². The topological polar surface area (TPSA) is 75.6 Å². The van der Waals surface area contributed by atoms with Crippen LogP contribution in [0.1, 0.15) is 34.4 Å². The fourth-order valence-corrected chi connectivity index (χ4v) is 5.17. The summed E-state index contributed by atoms with van der Waals surface area (Å²) in [5.74, 6) is -1.03. The summed E-state index contributed by atoms with van der Waals surface area (Å²) in [5, 5.41) is 11.9. The van der Waals surface area contributed by atoms with Crippen LogP contribution >= 0.6 is 27.3 Å². The fourth-order valence-electron chi connectivity index (χ4n) is 3.70. The Kier molecular flexibility index (Phi) is 5.69. The normalized spacial score (nSPS) is 13.4. The van der Waals surface area contributed by atoms with Gasteiger partial charge in [-0.05, 0) is 50.3 Å². The molecule has 2 aromatic carbocycles. The summed E-state index contributed by atoms with van der Waals surface area (Å²) in [4.78, 5) is 24.4. The Morgan fingerprint density at radius 2 is 1.66 bits per heavy atom. The van der Waals surface area contributed by atoms with E-state index in [9.17, 15) is 14.7 Å². The number of halogens is 1. The van der Waals surface area contributed by atoms with E-state index in [1.54, 1.807) is 6.07 Å². The molecule has 4 rings (SSSR count). The number of carbonyl (C=O) groups is 2. The van der Waals surface area contributed by atoms with Gasteiger partial charge >= 0.3 is 12.1 Å². The molecule has 0 unspecified atom stereocenters. The second-order valence-corrected chi connectivity index (χ2v) is 9.26. The molecule has 1 heterocycles. The zero-order valence-electron chi connectivity index (χ0n) is 15.3. The number of thiophene rings is 1. The lowest BCUT2D eigenvalue weighted by Crippen LogP contribution is -2.31. The van der Waals surface area contributed by atoms with E-state index in [-0.39, 0.29) is 18.9 Å². The van der Waals surface area contributed by atoms with Crippen molar-refractivity contribution in [3.63, 3.8) is 0 Å². The van der Waals surface area contributed by atoms with Gasteiger partial charge in [0.05, 0.1) is 16.2 Å². The molecule has 5 nitrogen and oxygen atoms in total. The lowest BCUT2D eigenvalue weighted by Gasteiger charge is -2.18. The minimum atomic E-state index is -0.988. The van der Waals surface area contributed by atoms with Crippen LogP contribution in [0.2, 0.25) is 0 Å². The van der Waals surface area contributed by atoms with Crippen LogP contribution in [-0.4, -0.2) is 23.8 Å². The third-order valence-corrected chi connectivity index (χ3v) is 6.69. The first-order valence-corrected chi connectivity index (χ1v) is 10.7. The van der Waals surface area contributed by atoms with E-state index >= 15 is 0 Å². The van der Waals surface area contributed by atoms with Crippen molar-refractivity contribution in [2.75, 3.05) is 6.61 Å². The number of fused-ring (bicyclic) bond motifs is 3. The third-order valence-electron chi connectivity index (χ3n) is 4.95. The summed E-state index contributed by atoms with van der Waals surface area (Å²) in [6, 6.07) is 19.2. The highest BCUT2D eigenvalue weighted by Crippen LogP contribution is 2.44. The van der Waals surface area contributed by atoms with Crippen LogP contribution in [0.15, 0.2) is 64.5 Å². The zero-order valence-corrected chi connectivity index (χ0v) is 17.7. The molecule has 1 amide bonds. The van der Waals surface area contributed by atoms with Crippen LogP contribution in [-0.2, 0) is 9.53 Å². The molecule has 7 heteroatoms. The van der Waals surface area contributed by atoms with Gasteiger partial charge in [-0.3, -0.25) is 4.79 Å². The average Bonchev–Trinajstić information content (AvgIpc) is 3.27. The van der Waals surface area contributed by atoms with Crippen LogP contribution in [0.4, 0.5) is 4.79 Å². The van der Waals surface area contributed by atoms with E-state index in [4.69, 9.17) is 4.74 Å². The highest BCUT2D eigenvalue weighted by Gasteiger charge is 2.29. The molecule has 0 fully saturated rings. The van der Waals surface area contributed by atoms with Gasteiger partial charge in [-0.25, -0.2) is 4.79 Å². The summed E-state index contributed by atoms with van der Waals surface area (Å²) in [6.07, 6.45) is -0.834. The Labute approximate surface area is 180 Å². The van der Waals surface area contributed by atoms with E-state index in [2.05, 4.69) is 45.5 Å². The van der Waals surface area contributed by atoms with Crippen LogP contribution in [0.5, 0.6) is 0 Å². The summed E-state index contributed by atoms with van der Waals surface area (Å²) >= 11 is 4.75. The molecule has 0 aliphatic heterocycles. The highest BCUT2D eigenvalue weighted by molar-refractivity contribution is 9.11. The van der Waals surface area contributed by atoms with Crippen molar-refractivity contribution >= 4 is 39.3 Å². The maximum atomic E-state index is 12.5. The monoisotopic (exact) mass is 471 g/mol. The molecule has 0 saturated heterocycles. The Morgan fingerprint density at radius 1 is 1.03 bits per heavy atom. The standard InChI is InChI=1S/C22H18BrNO4S/c23-20-10-9-19(29-20)18(11-21(25)26)24-22(27)28-12-17-15-7-3-1-5-13(15)14-6-2-4-8-16(14)17/h1-10,17-18H,11-12H2,(H,24,27)(H,25,26)/t18-/m1/s1. The van der Waals surface area contributed by atoms with Crippen molar-refractivity contribution in [2.45, 2.75) is 18.4 Å². The van der Waals surface area contributed by atoms with Gasteiger partial charge < -0.3 is 15.2 Å². The minimum absolute atomic E-state index is 0.0399. The number of amides is 1. The quantitative estimate of drug-likeness (QED) is 0.492. The van der Waals surface area contributed by atoms with Crippen molar-refractivity contribution < 1.29 is 19.4 Å². The van der Waals surface area contributed by atoms with Crippen LogP contribution in [0.3, 0.4) is 0 Å². The van der Waals surface area contributed by atoms with Crippen LogP contribution in [0, 0.1) is 0 Å². The Hall–Kier alpha value is -2.64. The smallest absolute Gasteiger partial charge is 0.407 e. The molecule has 0 spiro atoms. The van der Waals surface area contributed by atoms with Gasteiger partial charge in [0.15, 0.2) is 0 Å². The van der Waals surface area contributed by atoms with Crippen LogP contribution < -0.4 is 5.32 Å². The van der Waals surface area contributed by atoms with Gasteiger partial charge in [0.1, 0.15) is 6.61 Å². The second-order valence-electron chi connectivity index (χ2n) is 6.76.